The van der Waals surface area contributed by atoms with Gasteiger partial charge in [0.05, 0.1) is 12.5 Å². The molecule has 100 valence electrons. The Morgan fingerprint density at radius 1 is 1.32 bits per heavy atom. The van der Waals surface area contributed by atoms with E-state index in [9.17, 15) is 4.39 Å². The number of pyridine rings is 1. The summed E-state index contributed by atoms with van der Waals surface area (Å²) in [5.74, 6) is -0.177. The molecule has 0 amide bonds. The average Bonchev–Trinajstić information content (AvgIpc) is 2.42. The summed E-state index contributed by atoms with van der Waals surface area (Å²) in [6, 6.07) is 8.61. The molecule has 0 N–H and O–H groups in total. The lowest BCUT2D eigenvalue weighted by Crippen LogP contribution is -1.99. The highest BCUT2D eigenvalue weighted by Crippen LogP contribution is 2.28. The van der Waals surface area contributed by atoms with Crippen LogP contribution in [0.25, 0.3) is 0 Å². The SMILES string of the molecule is COc1cc(C(Cl)Cc2ccc(C)cn2)ccc1F. The number of ether oxygens (including phenoxy) is 1. The van der Waals surface area contributed by atoms with E-state index in [0.29, 0.717) is 6.42 Å². The summed E-state index contributed by atoms with van der Waals surface area (Å²) in [6.45, 7) is 1.99. The van der Waals surface area contributed by atoms with Crippen molar-refractivity contribution in [2.24, 2.45) is 0 Å². The lowest BCUT2D eigenvalue weighted by molar-refractivity contribution is 0.386. The number of halogens is 2. The monoisotopic (exact) mass is 279 g/mol. The zero-order chi connectivity index (χ0) is 13.8. The molecule has 0 aliphatic heterocycles. The van der Waals surface area contributed by atoms with E-state index < -0.39 is 0 Å². The van der Waals surface area contributed by atoms with Gasteiger partial charge in [0.25, 0.3) is 0 Å². The zero-order valence-corrected chi connectivity index (χ0v) is 11.6. The third-order valence-electron chi connectivity index (χ3n) is 2.90. The van der Waals surface area contributed by atoms with Crippen LogP contribution in [0.15, 0.2) is 36.5 Å². The molecule has 19 heavy (non-hydrogen) atoms. The van der Waals surface area contributed by atoms with E-state index in [-0.39, 0.29) is 16.9 Å². The molecule has 1 aromatic carbocycles. The first-order valence-electron chi connectivity index (χ1n) is 5.99. The van der Waals surface area contributed by atoms with E-state index in [2.05, 4.69) is 4.98 Å². The van der Waals surface area contributed by atoms with Crippen LogP contribution >= 0.6 is 11.6 Å². The van der Waals surface area contributed by atoms with Gasteiger partial charge in [0, 0.05) is 18.3 Å². The number of rotatable bonds is 4. The minimum absolute atomic E-state index is 0.208. The fourth-order valence-electron chi connectivity index (χ4n) is 1.79. The van der Waals surface area contributed by atoms with E-state index in [0.717, 1.165) is 16.8 Å². The fraction of sp³-hybridized carbons (Fsp3) is 0.267. The summed E-state index contributed by atoms with van der Waals surface area (Å²) >= 11 is 6.34. The largest absolute Gasteiger partial charge is 0.494 e. The van der Waals surface area contributed by atoms with Gasteiger partial charge in [-0.3, -0.25) is 4.98 Å². The highest BCUT2D eigenvalue weighted by molar-refractivity contribution is 6.20. The van der Waals surface area contributed by atoms with Gasteiger partial charge in [-0.15, -0.1) is 11.6 Å². The van der Waals surface area contributed by atoms with Crippen LogP contribution < -0.4 is 4.74 Å². The minimum atomic E-state index is -0.386. The Balaban J connectivity index is 2.15. The Labute approximate surface area is 117 Å². The van der Waals surface area contributed by atoms with Gasteiger partial charge in [-0.1, -0.05) is 12.1 Å². The van der Waals surface area contributed by atoms with Gasteiger partial charge in [-0.25, -0.2) is 4.39 Å². The Morgan fingerprint density at radius 3 is 2.74 bits per heavy atom. The van der Waals surface area contributed by atoms with Gasteiger partial charge in [-0.2, -0.15) is 0 Å². The summed E-state index contributed by atoms with van der Waals surface area (Å²) < 4.78 is 18.3. The first-order chi connectivity index (χ1) is 9.10. The third-order valence-corrected chi connectivity index (χ3v) is 3.30. The van der Waals surface area contributed by atoms with Crippen molar-refractivity contribution in [2.45, 2.75) is 18.7 Å². The van der Waals surface area contributed by atoms with Gasteiger partial charge in [0.15, 0.2) is 11.6 Å². The quantitative estimate of drug-likeness (QED) is 0.788. The molecule has 1 atom stereocenters. The number of methoxy groups -OCH3 is 1. The molecule has 0 fully saturated rings. The molecular weight excluding hydrogens is 265 g/mol. The number of aromatic nitrogens is 1. The smallest absolute Gasteiger partial charge is 0.165 e. The number of alkyl halides is 1. The maximum absolute atomic E-state index is 13.3. The van der Waals surface area contributed by atoms with Gasteiger partial charge in [0.2, 0.25) is 0 Å². The predicted molar refractivity (Wildman–Crippen MR) is 74.2 cm³/mol. The Kier molecular flexibility index (Phi) is 4.38. The summed E-state index contributed by atoms with van der Waals surface area (Å²) in [7, 11) is 1.44. The van der Waals surface area contributed by atoms with Gasteiger partial charge in [0.1, 0.15) is 0 Å². The molecule has 0 spiro atoms. The van der Waals surface area contributed by atoms with Crippen LogP contribution in [0.2, 0.25) is 0 Å². The summed E-state index contributed by atoms with van der Waals surface area (Å²) in [5.41, 5.74) is 2.84. The van der Waals surface area contributed by atoms with Crippen LogP contribution in [0.4, 0.5) is 4.39 Å². The molecule has 0 radical (unpaired) electrons. The van der Waals surface area contributed by atoms with Crippen LogP contribution in [0.1, 0.15) is 22.2 Å². The maximum Gasteiger partial charge on any atom is 0.165 e. The maximum atomic E-state index is 13.3. The van der Waals surface area contributed by atoms with E-state index in [1.165, 1.54) is 13.2 Å². The van der Waals surface area contributed by atoms with Crippen molar-refractivity contribution in [3.05, 3.63) is 59.2 Å². The number of benzene rings is 1. The van der Waals surface area contributed by atoms with Crippen LogP contribution in [-0.4, -0.2) is 12.1 Å². The number of hydrogen-bond donors (Lipinski definition) is 0. The first-order valence-corrected chi connectivity index (χ1v) is 6.43. The van der Waals surface area contributed by atoms with Crippen LogP contribution in [-0.2, 0) is 6.42 Å². The molecule has 4 heteroatoms. The van der Waals surface area contributed by atoms with Crippen molar-refractivity contribution in [1.82, 2.24) is 4.98 Å². The van der Waals surface area contributed by atoms with E-state index >= 15 is 0 Å². The summed E-state index contributed by atoms with van der Waals surface area (Å²) in [4.78, 5) is 4.31. The van der Waals surface area contributed by atoms with Crippen LogP contribution in [0.5, 0.6) is 5.75 Å². The molecule has 1 unspecified atom stereocenters. The molecule has 1 heterocycles. The van der Waals surface area contributed by atoms with Gasteiger partial charge < -0.3 is 4.74 Å². The van der Waals surface area contributed by atoms with Gasteiger partial charge >= 0.3 is 0 Å². The Hall–Kier alpha value is -1.61. The van der Waals surface area contributed by atoms with Crippen LogP contribution in [0.3, 0.4) is 0 Å². The third kappa shape index (κ3) is 3.44. The van der Waals surface area contributed by atoms with Gasteiger partial charge in [-0.05, 0) is 36.2 Å². The molecule has 0 saturated carbocycles. The molecule has 2 rings (SSSR count). The van der Waals surface area contributed by atoms with Crippen molar-refractivity contribution < 1.29 is 9.13 Å². The highest BCUT2D eigenvalue weighted by Gasteiger charge is 2.12. The molecule has 1 aromatic heterocycles. The number of aryl methyl sites for hydroxylation is 1. The van der Waals surface area contributed by atoms with Crippen molar-refractivity contribution in [1.29, 1.82) is 0 Å². The molecular formula is C15H15ClFNO. The second-order valence-electron chi connectivity index (χ2n) is 4.39. The normalized spacial score (nSPS) is 12.2. The highest BCUT2D eigenvalue weighted by atomic mass is 35.5. The van der Waals surface area contributed by atoms with E-state index in [4.69, 9.17) is 16.3 Å². The standard InChI is InChI=1S/C15H15ClFNO/c1-10-3-5-12(18-9-10)8-13(16)11-4-6-14(17)15(7-11)19-2/h3-7,9,13H,8H2,1-2H3. The molecule has 0 saturated heterocycles. The fourth-order valence-corrected chi connectivity index (χ4v) is 2.09. The Morgan fingerprint density at radius 2 is 2.11 bits per heavy atom. The minimum Gasteiger partial charge on any atom is -0.494 e. The van der Waals surface area contributed by atoms with E-state index in [1.807, 2.05) is 25.3 Å². The predicted octanol–water partition coefficient (Wildman–Crippen LogP) is 4.06. The average molecular weight is 280 g/mol. The summed E-state index contributed by atoms with van der Waals surface area (Å²) in [5, 5.41) is -0.260. The van der Waals surface area contributed by atoms with Crippen molar-refractivity contribution >= 4 is 11.6 Å². The van der Waals surface area contributed by atoms with Crippen molar-refractivity contribution in [2.75, 3.05) is 7.11 Å². The first kappa shape index (κ1) is 13.8. The lowest BCUT2D eigenvalue weighted by Gasteiger charge is -2.11. The van der Waals surface area contributed by atoms with E-state index in [1.54, 1.807) is 12.1 Å². The molecule has 0 bridgehead atoms. The number of hydrogen-bond acceptors (Lipinski definition) is 2. The number of nitrogens with zero attached hydrogens (tertiary/aromatic N) is 1. The van der Waals surface area contributed by atoms with Crippen molar-refractivity contribution in [3.8, 4) is 5.75 Å². The Bertz CT molecular complexity index is 557. The molecule has 2 aromatic rings. The molecule has 0 aliphatic rings. The second kappa shape index (κ2) is 6.02. The lowest BCUT2D eigenvalue weighted by atomic mass is 10.1. The summed E-state index contributed by atoms with van der Waals surface area (Å²) in [6.07, 6.45) is 2.40. The molecule has 2 nitrogen and oxygen atoms in total. The van der Waals surface area contributed by atoms with Crippen LogP contribution in [0, 0.1) is 12.7 Å². The zero-order valence-electron chi connectivity index (χ0n) is 10.9. The topological polar surface area (TPSA) is 22.1 Å². The van der Waals surface area contributed by atoms with Crippen molar-refractivity contribution in [3.63, 3.8) is 0 Å². The second-order valence-corrected chi connectivity index (χ2v) is 4.92. The molecule has 0 aliphatic carbocycles.